The lowest BCUT2D eigenvalue weighted by Crippen LogP contribution is -2.30. The zero-order valence-corrected chi connectivity index (χ0v) is 25.9. The van der Waals surface area contributed by atoms with Gasteiger partial charge in [-0.3, -0.25) is 14.4 Å². The smallest absolute Gasteiger partial charge is 0.272 e. The van der Waals surface area contributed by atoms with E-state index in [0.717, 1.165) is 38.4 Å². The molecule has 3 N–H and O–H groups in total. The Morgan fingerprint density at radius 1 is 0.667 bits per heavy atom. The van der Waals surface area contributed by atoms with E-state index >= 15 is 0 Å². The highest BCUT2D eigenvalue weighted by Crippen LogP contribution is 2.23. The molecule has 0 fully saturated rings. The van der Waals surface area contributed by atoms with Crippen molar-refractivity contribution >= 4 is 46.9 Å². The van der Waals surface area contributed by atoms with Crippen LogP contribution in [-0.2, 0) is 9.59 Å². The van der Waals surface area contributed by atoms with Gasteiger partial charge in [0.05, 0.1) is 5.75 Å². The third-order valence-corrected chi connectivity index (χ3v) is 8.23. The van der Waals surface area contributed by atoms with Gasteiger partial charge in [0, 0.05) is 21.8 Å². The maximum atomic E-state index is 13.4. The van der Waals surface area contributed by atoms with E-state index in [2.05, 4.69) is 16.0 Å². The molecule has 3 amide bonds. The maximum absolute atomic E-state index is 13.4. The van der Waals surface area contributed by atoms with E-state index < -0.39 is 5.91 Å². The summed E-state index contributed by atoms with van der Waals surface area (Å²) in [5.41, 5.74) is 7.00. The normalized spacial score (nSPS) is 11.0. The van der Waals surface area contributed by atoms with Crippen molar-refractivity contribution in [1.82, 2.24) is 5.32 Å². The number of carbonyl (C=O) groups excluding carboxylic acids is 3. The van der Waals surface area contributed by atoms with Crippen molar-refractivity contribution in [2.75, 3.05) is 16.4 Å². The average molecular weight is 612 g/mol. The Hall–Kier alpha value is -5.40. The van der Waals surface area contributed by atoms with Gasteiger partial charge in [-0.05, 0) is 90.2 Å². The van der Waals surface area contributed by atoms with Crippen molar-refractivity contribution < 1.29 is 14.4 Å². The van der Waals surface area contributed by atoms with E-state index in [1.807, 2.05) is 105 Å². The summed E-state index contributed by atoms with van der Waals surface area (Å²) >= 11 is 1.41. The Morgan fingerprint density at radius 3 is 2.00 bits per heavy atom. The fourth-order valence-electron chi connectivity index (χ4n) is 4.57. The minimum absolute atomic E-state index is 0.0909. The van der Waals surface area contributed by atoms with Gasteiger partial charge in [-0.15, -0.1) is 11.8 Å². The molecule has 5 aromatic rings. The number of nitrogens with one attached hydrogen (secondary N) is 3. The number of amides is 3. The maximum Gasteiger partial charge on any atom is 0.272 e. The highest BCUT2D eigenvalue weighted by atomic mass is 32.2. The Morgan fingerprint density at radius 2 is 1.31 bits per heavy atom. The number of anilines is 2. The van der Waals surface area contributed by atoms with Crippen molar-refractivity contribution in [2.45, 2.75) is 18.7 Å². The molecule has 0 saturated heterocycles. The predicted molar refractivity (Wildman–Crippen MR) is 184 cm³/mol. The van der Waals surface area contributed by atoms with Crippen molar-refractivity contribution in [3.05, 3.63) is 155 Å². The summed E-state index contributed by atoms with van der Waals surface area (Å²) in [6.07, 6.45) is 1.66. The lowest BCUT2D eigenvalue weighted by molar-refractivity contribution is -0.114. The second kappa shape index (κ2) is 14.9. The highest BCUT2D eigenvalue weighted by Gasteiger charge is 2.15. The number of hydrogen-bond acceptors (Lipinski definition) is 4. The molecule has 0 aliphatic heterocycles. The first-order chi connectivity index (χ1) is 21.9. The van der Waals surface area contributed by atoms with Crippen LogP contribution in [0, 0.1) is 13.8 Å². The van der Waals surface area contributed by atoms with Gasteiger partial charge in [0.15, 0.2) is 0 Å². The van der Waals surface area contributed by atoms with Crippen LogP contribution in [0.25, 0.3) is 17.2 Å². The summed E-state index contributed by atoms with van der Waals surface area (Å²) in [6.45, 7) is 4.00. The van der Waals surface area contributed by atoms with Gasteiger partial charge in [0.25, 0.3) is 11.8 Å². The van der Waals surface area contributed by atoms with Gasteiger partial charge in [0.2, 0.25) is 5.91 Å². The molecule has 0 aromatic heterocycles. The van der Waals surface area contributed by atoms with E-state index in [-0.39, 0.29) is 23.3 Å². The molecular formula is C38H33N3O3S. The molecule has 0 atom stereocenters. The summed E-state index contributed by atoms with van der Waals surface area (Å²) in [5, 5.41) is 8.64. The number of hydrogen-bond donors (Lipinski definition) is 3. The number of thioether (sulfide) groups is 1. The Bertz CT molecular complexity index is 1820. The molecule has 6 nitrogen and oxygen atoms in total. The van der Waals surface area contributed by atoms with Crippen LogP contribution in [0.2, 0.25) is 0 Å². The van der Waals surface area contributed by atoms with Crippen molar-refractivity contribution in [3.63, 3.8) is 0 Å². The van der Waals surface area contributed by atoms with Gasteiger partial charge >= 0.3 is 0 Å². The molecule has 0 aliphatic carbocycles. The van der Waals surface area contributed by atoms with Crippen molar-refractivity contribution in [2.24, 2.45) is 0 Å². The van der Waals surface area contributed by atoms with E-state index in [9.17, 15) is 14.4 Å². The standard InChI is InChI=1S/C38H33N3O3S/c1-26-10-9-15-34(27(26)2)40-36(42)25-45-33-22-20-32(21-23-33)39-38(44)35(41-37(43)31-13-7-4-8-14-31)24-28-16-18-30(19-17-28)29-11-5-3-6-12-29/h3-24H,25H2,1-2H3,(H,39,44)(H,40,42)(H,41,43)/b35-24-. The first-order valence-corrected chi connectivity index (χ1v) is 15.5. The van der Waals surface area contributed by atoms with Gasteiger partial charge in [0.1, 0.15) is 5.70 Å². The van der Waals surface area contributed by atoms with E-state index in [4.69, 9.17) is 0 Å². The number of aryl methyl sites for hydroxylation is 1. The molecule has 0 bridgehead atoms. The molecule has 5 aromatic carbocycles. The second-order valence-corrected chi connectivity index (χ2v) is 11.5. The first kappa shape index (κ1) is 31.0. The molecular weight excluding hydrogens is 579 g/mol. The third kappa shape index (κ3) is 8.59. The molecule has 7 heteroatoms. The van der Waals surface area contributed by atoms with E-state index in [1.54, 1.807) is 42.5 Å². The first-order valence-electron chi connectivity index (χ1n) is 14.5. The number of benzene rings is 5. The molecule has 0 aliphatic rings. The largest absolute Gasteiger partial charge is 0.325 e. The van der Waals surface area contributed by atoms with Crippen LogP contribution in [0.15, 0.2) is 138 Å². The highest BCUT2D eigenvalue weighted by molar-refractivity contribution is 8.00. The lowest BCUT2D eigenvalue weighted by atomic mass is 10.0. The van der Waals surface area contributed by atoms with Crippen LogP contribution in [0.1, 0.15) is 27.0 Å². The van der Waals surface area contributed by atoms with Gasteiger partial charge < -0.3 is 16.0 Å². The quantitative estimate of drug-likeness (QED) is 0.110. The minimum Gasteiger partial charge on any atom is -0.325 e. The van der Waals surface area contributed by atoms with Crippen LogP contribution in [-0.4, -0.2) is 23.5 Å². The SMILES string of the molecule is Cc1cccc(NC(=O)CSc2ccc(NC(=O)/C(=C/c3ccc(-c4ccccc4)cc3)NC(=O)c3ccccc3)cc2)c1C. The summed E-state index contributed by atoms with van der Waals surface area (Å²) in [4.78, 5) is 39.9. The topological polar surface area (TPSA) is 87.3 Å². The fourth-order valence-corrected chi connectivity index (χ4v) is 5.26. The third-order valence-electron chi connectivity index (χ3n) is 7.22. The molecule has 0 saturated carbocycles. The van der Waals surface area contributed by atoms with Crippen molar-refractivity contribution in [3.8, 4) is 11.1 Å². The van der Waals surface area contributed by atoms with Crippen molar-refractivity contribution in [1.29, 1.82) is 0 Å². The zero-order chi connectivity index (χ0) is 31.6. The Labute approximate surface area is 267 Å². The predicted octanol–water partition coefficient (Wildman–Crippen LogP) is 8.11. The van der Waals surface area contributed by atoms with Crippen LogP contribution in [0.3, 0.4) is 0 Å². The lowest BCUT2D eigenvalue weighted by Gasteiger charge is -2.12. The summed E-state index contributed by atoms with van der Waals surface area (Å²) in [7, 11) is 0. The van der Waals surface area contributed by atoms with Crippen LogP contribution >= 0.6 is 11.8 Å². The number of rotatable bonds is 10. The monoisotopic (exact) mass is 611 g/mol. The summed E-state index contributed by atoms with van der Waals surface area (Å²) in [6, 6.07) is 39.6. The molecule has 0 spiro atoms. The zero-order valence-electron chi connectivity index (χ0n) is 25.0. The second-order valence-electron chi connectivity index (χ2n) is 10.4. The Balaban J connectivity index is 1.26. The molecule has 0 heterocycles. The molecule has 5 rings (SSSR count). The summed E-state index contributed by atoms with van der Waals surface area (Å²) in [5.74, 6) is -0.684. The van der Waals surface area contributed by atoms with Crippen LogP contribution in [0.4, 0.5) is 11.4 Å². The van der Waals surface area contributed by atoms with E-state index in [1.165, 1.54) is 11.8 Å². The fraction of sp³-hybridized carbons (Fsp3) is 0.0789. The van der Waals surface area contributed by atoms with Gasteiger partial charge in [-0.1, -0.05) is 84.9 Å². The molecule has 0 radical (unpaired) electrons. The van der Waals surface area contributed by atoms with Crippen LogP contribution < -0.4 is 16.0 Å². The summed E-state index contributed by atoms with van der Waals surface area (Å²) < 4.78 is 0. The molecule has 224 valence electrons. The van der Waals surface area contributed by atoms with Gasteiger partial charge in [-0.2, -0.15) is 0 Å². The Kier molecular flexibility index (Phi) is 10.2. The molecule has 0 unspecified atom stereocenters. The van der Waals surface area contributed by atoms with Crippen LogP contribution in [0.5, 0.6) is 0 Å². The number of carbonyl (C=O) groups is 3. The minimum atomic E-state index is -0.459. The average Bonchev–Trinajstić information content (AvgIpc) is 3.07. The van der Waals surface area contributed by atoms with E-state index in [0.29, 0.717) is 11.3 Å². The van der Waals surface area contributed by atoms with Gasteiger partial charge in [-0.25, -0.2) is 0 Å². The molecule has 45 heavy (non-hydrogen) atoms.